The molecule has 0 fully saturated rings. The van der Waals surface area contributed by atoms with Crippen LogP contribution in [-0.2, 0) is 6.54 Å². The summed E-state index contributed by atoms with van der Waals surface area (Å²) in [4.78, 5) is 17.5. The molecule has 0 atom stereocenters. The number of amides is 1. The van der Waals surface area contributed by atoms with Gasteiger partial charge >= 0.3 is 0 Å². The molecule has 4 aromatic carbocycles. The molecule has 208 valence electrons. The number of anilines is 2. The van der Waals surface area contributed by atoms with E-state index in [9.17, 15) is 4.79 Å². The number of carbonyl (C=O) groups is 1. The number of rotatable bonds is 8. The number of hydrogen-bond acceptors (Lipinski definition) is 5. The SMILES string of the molecule is O=C(N/N=C\c1cn(Cc2ccc(Cl)c(Cl)c2)c2ccccc12)c1ccc(-c2csc(Nc3ccc(Cl)cc3)n2)cc1. The normalized spacial score (nSPS) is 11.3. The maximum Gasteiger partial charge on any atom is 0.271 e. The quantitative estimate of drug-likeness (QED) is 0.130. The molecular weight excluding hydrogens is 609 g/mol. The minimum Gasteiger partial charge on any atom is -0.342 e. The van der Waals surface area contributed by atoms with Gasteiger partial charge in [-0.15, -0.1) is 11.3 Å². The van der Waals surface area contributed by atoms with Gasteiger partial charge in [-0.1, -0.05) is 71.2 Å². The Balaban J connectivity index is 1.11. The van der Waals surface area contributed by atoms with Crippen molar-refractivity contribution >= 4 is 80.0 Å². The number of nitrogens with one attached hydrogen (secondary N) is 2. The van der Waals surface area contributed by atoms with E-state index in [1.807, 2.05) is 84.4 Å². The Morgan fingerprint density at radius 1 is 0.929 bits per heavy atom. The summed E-state index contributed by atoms with van der Waals surface area (Å²) in [5, 5.41) is 13.0. The van der Waals surface area contributed by atoms with E-state index in [0.717, 1.165) is 44.1 Å². The third-order valence-electron chi connectivity index (χ3n) is 6.57. The van der Waals surface area contributed by atoms with Crippen LogP contribution in [0.15, 0.2) is 108 Å². The Morgan fingerprint density at radius 3 is 2.50 bits per heavy atom. The molecule has 0 bridgehead atoms. The minimum atomic E-state index is -0.305. The fourth-order valence-corrected chi connectivity index (χ4v) is 5.67. The largest absolute Gasteiger partial charge is 0.342 e. The monoisotopic (exact) mass is 629 g/mol. The van der Waals surface area contributed by atoms with Crippen molar-refractivity contribution < 1.29 is 4.79 Å². The molecule has 0 aliphatic carbocycles. The molecule has 42 heavy (non-hydrogen) atoms. The first kappa shape index (κ1) is 28.0. The second-order valence-corrected chi connectivity index (χ2v) is 11.5. The molecule has 2 heterocycles. The van der Waals surface area contributed by atoms with Crippen molar-refractivity contribution in [2.45, 2.75) is 6.54 Å². The lowest BCUT2D eigenvalue weighted by Gasteiger charge is -2.06. The molecule has 0 saturated heterocycles. The number of fused-ring (bicyclic) bond motifs is 1. The molecule has 0 spiro atoms. The van der Waals surface area contributed by atoms with Crippen molar-refractivity contribution in [2.75, 3.05) is 5.32 Å². The Labute approximate surface area is 261 Å². The third-order valence-corrected chi connectivity index (χ3v) is 8.32. The number of aromatic nitrogens is 2. The van der Waals surface area contributed by atoms with Gasteiger partial charge in [0.1, 0.15) is 0 Å². The van der Waals surface area contributed by atoms with Crippen molar-refractivity contribution in [1.29, 1.82) is 0 Å². The van der Waals surface area contributed by atoms with Crippen molar-refractivity contribution in [1.82, 2.24) is 15.0 Å². The highest BCUT2D eigenvalue weighted by atomic mass is 35.5. The van der Waals surface area contributed by atoms with Crippen LogP contribution in [0.3, 0.4) is 0 Å². The van der Waals surface area contributed by atoms with Gasteiger partial charge in [0.05, 0.1) is 22.0 Å². The minimum absolute atomic E-state index is 0.305. The lowest BCUT2D eigenvalue weighted by Crippen LogP contribution is -2.17. The molecule has 1 amide bonds. The molecule has 0 unspecified atom stereocenters. The van der Waals surface area contributed by atoms with Gasteiger partial charge in [0.25, 0.3) is 5.91 Å². The summed E-state index contributed by atoms with van der Waals surface area (Å²) in [7, 11) is 0. The maximum atomic E-state index is 12.8. The van der Waals surface area contributed by atoms with E-state index in [-0.39, 0.29) is 5.91 Å². The highest BCUT2D eigenvalue weighted by Crippen LogP contribution is 2.28. The summed E-state index contributed by atoms with van der Waals surface area (Å²) in [6.07, 6.45) is 3.66. The molecule has 6 rings (SSSR count). The molecule has 0 aliphatic rings. The summed E-state index contributed by atoms with van der Waals surface area (Å²) in [5.74, 6) is -0.305. The van der Waals surface area contributed by atoms with E-state index in [0.29, 0.717) is 27.2 Å². The van der Waals surface area contributed by atoms with Gasteiger partial charge < -0.3 is 9.88 Å². The number of hydrazone groups is 1. The lowest BCUT2D eigenvalue weighted by molar-refractivity contribution is 0.0955. The van der Waals surface area contributed by atoms with Crippen molar-refractivity contribution in [3.8, 4) is 11.3 Å². The van der Waals surface area contributed by atoms with E-state index in [1.54, 1.807) is 24.4 Å². The number of benzene rings is 4. The average Bonchev–Trinajstić information content (AvgIpc) is 3.61. The molecular formula is C32H22Cl3N5OS. The molecule has 0 saturated carbocycles. The van der Waals surface area contributed by atoms with Gasteiger partial charge in [-0.25, -0.2) is 10.4 Å². The van der Waals surface area contributed by atoms with Crippen LogP contribution in [0.25, 0.3) is 22.2 Å². The van der Waals surface area contributed by atoms with Crippen LogP contribution < -0.4 is 10.7 Å². The molecule has 6 nitrogen and oxygen atoms in total. The first-order valence-corrected chi connectivity index (χ1v) is 14.9. The summed E-state index contributed by atoms with van der Waals surface area (Å²) in [6, 6.07) is 28.3. The number of hydrogen-bond donors (Lipinski definition) is 2. The van der Waals surface area contributed by atoms with Gasteiger partial charge in [0.2, 0.25) is 0 Å². The number of thiazole rings is 1. The molecule has 2 N–H and O–H groups in total. The topological polar surface area (TPSA) is 71.3 Å². The second-order valence-electron chi connectivity index (χ2n) is 9.42. The fraction of sp³-hybridized carbons (Fsp3) is 0.0312. The summed E-state index contributed by atoms with van der Waals surface area (Å²) < 4.78 is 2.12. The predicted octanol–water partition coefficient (Wildman–Crippen LogP) is 9.28. The van der Waals surface area contributed by atoms with Gasteiger partial charge in [0.15, 0.2) is 5.13 Å². The van der Waals surface area contributed by atoms with Crippen LogP contribution in [0, 0.1) is 0 Å². The van der Waals surface area contributed by atoms with Crippen molar-refractivity contribution in [2.24, 2.45) is 5.10 Å². The van der Waals surface area contributed by atoms with E-state index in [1.165, 1.54) is 11.3 Å². The molecule has 2 aromatic heterocycles. The van der Waals surface area contributed by atoms with E-state index >= 15 is 0 Å². The standard InChI is InChI=1S/C32H22Cl3N5OS/c33-24-10-12-25(13-11-24)37-32-38-29(19-42-32)21-6-8-22(9-7-21)31(41)39-36-16-23-18-40(30-4-2-1-3-26(23)30)17-20-5-14-27(34)28(35)15-20/h1-16,18-19H,17H2,(H,37,38)(H,39,41)/b36-16-. The third kappa shape index (κ3) is 6.35. The van der Waals surface area contributed by atoms with Crippen LogP contribution >= 0.6 is 46.1 Å². The smallest absolute Gasteiger partial charge is 0.271 e. The maximum absolute atomic E-state index is 12.8. The lowest BCUT2D eigenvalue weighted by atomic mass is 10.1. The zero-order valence-corrected chi connectivity index (χ0v) is 25.0. The Morgan fingerprint density at radius 2 is 1.71 bits per heavy atom. The highest BCUT2D eigenvalue weighted by Gasteiger charge is 2.10. The molecule has 6 aromatic rings. The van der Waals surface area contributed by atoms with E-state index < -0.39 is 0 Å². The molecule has 0 radical (unpaired) electrons. The first-order chi connectivity index (χ1) is 20.4. The molecule has 10 heteroatoms. The van der Waals surface area contributed by atoms with Gasteiger partial charge in [-0.05, 0) is 60.2 Å². The van der Waals surface area contributed by atoms with Crippen LogP contribution in [0.4, 0.5) is 10.8 Å². The first-order valence-electron chi connectivity index (χ1n) is 12.9. The van der Waals surface area contributed by atoms with Gasteiger partial charge in [-0.3, -0.25) is 4.79 Å². The Bertz CT molecular complexity index is 1910. The van der Waals surface area contributed by atoms with E-state index in [2.05, 4.69) is 25.4 Å². The van der Waals surface area contributed by atoms with Crippen molar-refractivity contribution in [3.05, 3.63) is 134 Å². The highest BCUT2D eigenvalue weighted by molar-refractivity contribution is 7.14. The summed E-state index contributed by atoms with van der Waals surface area (Å²) in [6.45, 7) is 0.613. The Hall–Kier alpha value is -4.14. The zero-order chi connectivity index (χ0) is 29.1. The number of nitrogens with zero attached hydrogens (tertiary/aromatic N) is 3. The number of para-hydroxylation sites is 1. The average molecular weight is 631 g/mol. The number of carbonyl (C=O) groups excluding carboxylic acids is 1. The zero-order valence-electron chi connectivity index (χ0n) is 21.9. The van der Waals surface area contributed by atoms with Gasteiger partial charge in [0, 0.05) is 56.4 Å². The van der Waals surface area contributed by atoms with Crippen LogP contribution in [0.5, 0.6) is 0 Å². The van der Waals surface area contributed by atoms with Gasteiger partial charge in [-0.2, -0.15) is 5.10 Å². The van der Waals surface area contributed by atoms with E-state index in [4.69, 9.17) is 34.8 Å². The summed E-state index contributed by atoms with van der Waals surface area (Å²) in [5.41, 5.74) is 8.71. The second kappa shape index (κ2) is 12.4. The number of halogens is 3. The van der Waals surface area contributed by atoms with Crippen LogP contribution in [0.1, 0.15) is 21.5 Å². The van der Waals surface area contributed by atoms with Crippen LogP contribution in [-0.4, -0.2) is 21.7 Å². The van der Waals surface area contributed by atoms with Crippen molar-refractivity contribution in [3.63, 3.8) is 0 Å². The fourth-order valence-electron chi connectivity index (χ4n) is 4.48. The van der Waals surface area contributed by atoms with Crippen LogP contribution in [0.2, 0.25) is 15.1 Å². The summed E-state index contributed by atoms with van der Waals surface area (Å²) >= 11 is 19.7. The molecule has 0 aliphatic heterocycles. The Kier molecular flexibility index (Phi) is 8.26. The predicted molar refractivity (Wildman–Crippen MR) is 175 cm³/mol.